The number of hydrogen-bond donors (Lipinski definition) is 4. The summed E-state index contributed by atoms with van der Waals surface area (Å²) in [5.74, 6) is -4.16. The molecule has 33 heavy (non-hydrogen) atoms. The molecule has 0 radical (unpaired) electrons. The average Bonchev–Trinajstić information content (AvgIpc) is 2.71. The maximum atomic E-state index is 12.7. The van der Waals surface area contributed by atoms with Gasteiger partial charge in [-0.2, -0.15) is 0 Å². The fraction of sp³-hybridized carbons (Fsp3) is 0.500. The van der Waals surface area contributed by atoms with Crippen molar-refractivity contribution in [3.05, 3.63) is 35.9 Å². The van der Waals surface area contributed by atoms with Crippen molar-refractivity contribution in [3.8, 4) is 0 Å². The normalized spacial score (nSPS) is 12.7. The van der Waals surface area contributed by atoms with Gasteiger partial charge in [0, 0.05) is 12.8 Å². The first-order chi connectivity index (χ1) is 15.4. The molecule has 182 valence electrons. The van der Waals surface area contributed by atoms with E-state index in [0.29, 0.717) is 5.56 Å². The number of esters is 1. The highest BCUT2D eigenvalue weighted by atomic mass is 16.6. The lowest BCUT2D eigenvalue weighted by molar-refractivity contribution is -0.155. The highest BCUT2D eigenvalue weighted by molar-refractivity contribution is 5.89. The Labute approximate surface area is 191 Å². The van der Waals surface area contributed by atoms with Crippen molar-refractivity contribution in [3.63, 3.8) is 0 Å². The second-order valence-electron chi connectivity index (χ2n) is 8.22. The van der Waals surface area contributed by atoms with Crippen molar-refractivity contribution in [2.45, 2.75) is 70.7 Å². The molecule has 0 aliphatic rings. The van der Waals surface area contributed by atoms with Crippen LogP contribution in [0.1, 0.15) is 52.0 Å². The number of rotatable bonds is 12. The lowest BCUT2D eigenvalue weighted by Crippen LogP contribution is -2.52. The van der Waals surface area contributed by atoms with Gasteiger partial charge in [-0.15, -0.1) is 0 Å². The summed E-state index contributed by atoms with van der Waals surface area (Å²) in [6.07, 6.45) is -2.20. The zero-order valence-corrected chi connectivity index (χ0v) is 18.8. The number of amides is 2. The molecular formula is C22H30N2O9. The number of nitrogens with one attached hydrogen (secondary N) is 2. The van der Waals surface area contributed by atoms with Gasteiger partial charge in [0.05, 0.1) is 0 Å². The lowest BCUT2D eigenvalue weighted by atomic mass is 10.1. The molecule has 2 atom stereocenters. The van der Waals surface area contributed by atoms with Crippen molar-refractivity contribution in [1.82, 2.24) is 10.6 Å². The minimum absolute atomic E-state index is 0.0660. The van der Waals surface area contributed by atoms with E-state index in [0.717, 1.165) is 0 Å². The predicted octanol–water partition coefficient (Wildman–Crippen LogP) is 1.84. The Kier molecular flexibility index (Phi) is 10.8. The number of carboxylic acids is 2. The number of carbonyl (C=O) groups is 5. The Morgan fingerprint density at radius 2 is 1.52 bits per heavy atom. The van der Waals surface area contributed by atoms with Crippen LogP contribution in [-0.4, -0.2) is 57.8 Å². The number of carboxylic acid groups (broad SMARTS) is 2. The van der Waals surface area contributed by atoms with Gasteiger partial charge in [-0.05, 0) is 39.2 Å². The Morgan fingerprint density at radius 3 is 2.06 bits per heavy atom. The van der Waals surface area contributed by atoms with Crippen LogP contribution in [0.3, 0.4) is 0 Å². The molecular weight excluding hydrogens is 436 g/mol. The molecule has 0 aromatic heterocycles. The second-order valence-corrected chi connectivity index (χ2v) is 8.22. The lowest BCUT2D eigenvalue weighted by Gasteiger charge is -2.22. The maximum Gasteiger partial charge on any atom is 0.408 e. The van der Waals surface area contributed by atoms with Gasteiger partial charge in [-0.3, -0.25) is 14.4 Å². The van der Waals surface area contributed by atoms with Crippen molar-refractivity contribution >= 4 is 29.9 Å². The molecule has 0 aliphatic carbocycles. The number of alkyl carbamates (subject to hydrolysis) is 1. The van der Waals surface area contributed by atoms with E-state index in [-0.39, 0.29) is 25.9 Å². The number of benzene rings is 1. The third-order valence-electron chi connectivity index (χ3n) is 4.14. The minimum Gasteiger partial charge on any atom is -0.481 e. The van der Waals surface area contributed by atoms with Crippen LogP contribution in [0.4, 0.5) is 4.79 Å². The Morgan fingerprint density at radius 1 is 0.909 bits per heavy atom. The largest absolute Gasteiger partial charge is 0.481 e. The van der Waals surface area contributed by atoms with E-state index in [1.165, 1.54) is 0 Å². The van der Waals surface area contributed by atoms with Crippen LogP contribution in [0.5, 0.6) is 0 Å². The van der Waals surface area contributed by atoms with Crippen LogP contribution in [0, 0.1) is 0 Å². The van der Waals surface area contributed by atoms with Gasteiger partial charge in [0.25, 0.3) is 0 Å². The van der Waals surface area contributed by atoms with E-state index < -0.39 is 54.0 Å². The molecule has 0 saturated heterocycles. The van der Waals surface area contributed by atoms with E-state index in [9.17, 15) is 29.1 Å². The summed E-state index contributed by atoms with van der Waals surface area (Å²) in [4.78, 5) is 59.0. The molecule has 1 aromatic carbocycles. The smallest absolute Gasteiger partial charge is 0.408 e. The molecule has 0 aliphatic heterocycles. The number of hydrogen-bond acceptors (Lipinski definition) is 7. The van der Waals surface area contributed by atoms with Gasteiger partial charge < -0.3 is 30.3 Å². The molecule has 1 aromatic rings. The molecule has 0 fully saturated rings. The quantitative estimate of drug-likeness (QED) is 0.336. The number of aliphatic carboxylic acids is 2. The summed E-state index contributed by atoms with van der Waals surface area (Å²) in [7, 11) is 0. The summed E-state index contributed by atoms with van der Waals surface area (Å²) < 4.78 is 10.3. The van der Waals surface area contributed by atoms with Crippen molar-refractivity contribution in [2.24, 2.45) is 0 Å². The fourth-order valence-corrected chi connectivity index (χ4v) is 2.63. The second kappa shape index (κ2) is 13.0. The molecule has 0 unspecified atom stereocenters. The van der Waals surface area contributed by atoms with Gasteiger partial charge in [0.2, 0.25) is 5.91 Å². The van der Waals surface area contributed by atoms with Gasteiger partial charge in [-0.25, -0.2) is 9.59 Å². The fourth-order valence-electron chi connectivity index (χ4n) is 2.63. The summed E-state index contributed by atoms with van der Waals surface area (Å²) in [5.41, 5.74) is -0.0377. The first-order valence-electron chi connectivity index (χ1n) is 10.3. The molecule has 0 bridgehead atoms. The molecule has 4 N–H and O–H groups in total. The Bertz CT molecular complexity index is 834. The van der Waals surface area contributed by atoms with Crippen LogP contribution < -0.4 is 10.6 Å². The molecule has 11 heteroatoms. The monoisotopic (exact) mass is 466 g/mol. The van der Waals surface area contributed by atoms with Gasteiger partial charge in [0.15, 0.2) is 0 Å². The number of carbonyl (C=O) groups excluding carboxylic acids is 3. The Balaban J connectivity index is 2.82. The third kappa shape index (κ3) is 12.1. The van der Waals surface area contributed by atoms with Crippen LogP contribution in [-0.2, 0) is 35.3 Å². The van der Waals surface area contributed by atoms with Gasteiger partial charge in [-0.1, -0.05) is 30.3 Å². The predicted molar refractivity (Wildman–Crippen MR) is 115 cm³/mol. The van der Waals surface area contributed by atoms with Crippen LogP contribution in [0.15, 0.2) is 30.3 Å². The van der Waals surface area contributed by atoms with Crippen molar-refractivity contribution in [2.75, 3.05) is 0 Å². The first kappa shape index (κ1) is 27.4. The van der Waals surface area contributed by atoms with Crippen molar-refractivity contribution < 1.29 is 43.7 Å². The third-order valence-corrected chi connectivity index (χ3v) is 4.14. The highest BCUT2D eigenvalue weighted by Gasteiger charge is 2.28. The molecule has 0 heterocycles. The summed E-state index contributed by atoms with van der Waals surface area (Å²) in [6, 6.07) is 5.99. The van der Waals surface area contributed by atoms with E-state index >= 15 is 0 Å². The molecule has 11 nitrogen and oxygen atoms in total. The van der Waals surface area contributed by atoms with Crippen LogP contribution in [0.2, 0.25) is 0 Å². The SMILES string of the molecule is CC(C)(C)OC(=O)CC[C@H](NC(=O)OCc1ccccc1)C(=O)N[C@@H](CCC(=O)O)C(=O)O. The van der Waals surface area contributed by atoms with Gasteiger partial charge in [0.1, 0.15) is 24.3 Å². The first-order valence-corrected chi connectivity index (χ1v) is 10.3. The summed E-state index contributed by atoms with van der Waals surface area (Å²) in [5, 5.41) is 22.6. The molecule has 0 saturated carbocycles. The summed E-state index contributed by atoms with van der Waals surface area (Å²) in [6.45, 7) is 4.96. The molecule has 2 amide bonds. The Hall–Kier alpha value is -3.63. The standard InChI is InChI=1S/C22H30N2O9/c1-22(2,3)33-18(27)12-10-15(19(28)23-16(20(29)30)9-11-17(25)26)24-21(31)32-13-14-7-5-4-6-8-14/h4-8,15-16H,9-13H2,1-3H3,(H,23,28)(H,24,31)(H,25,26)(H,29,30)/t15-,16-/m0/s1. The average molecular weight is 466 g/mol. The zero-order valence-electron chi connectivity index (χ0n) is 18.8. The van der Waals surface area contributed by atoms with Gasteiger partial charge >= 0.3 is 24.0 Å². The maximum absolute atomic E-state index is 12.7. The molecule has 0 spiro atoms. The van der Waals surface area contributed by atoms with Crippen LogP contribution >= 0.6 is 0 Å². The van der Waals surface area contributed by atoms with E-state index in [4.69, 9.17) is 14.6 Å². The topological polar surface area (TPSA) is 168 Å². The van der Waals surface area contributed by atoms with Crippen LogP contribution in [0.25, 0.3) is 0 Å². The zero-order chi connectivity index (χ0) is 25.0. The van der Waals surface area contributed by atoms with E-state index in [1.54, 1.807) is 51.1 Å². The summed E-state index contributed by atoms with van der Waals surface area (Å²) >= 11 is 0. The van der Waals surface area contributed by atoms with Crippen molar-refractivity contribution in [1.29, 1.82) is 0 Å². The van der Waals surface area contributed by atoms with E-state index in [2.05, 4.69) is 10.6 Å². The molecule has 1 rings (SSSR count). The van der Waals surface area contributed by atoms with E-state index in [1.807, 2.05) is 0 Å². The minimum atomic E-state index is -1.49. The number of ether oxygens (including phenoxy) is 2. The highest BCUT2D eigenvalue weighted by Crippen LogP contribution is 2.11.